The van der Waals surface area contributed by atoms with Crippen LogP contribution in [0.3, 0.4) is 0 Å². The molecule has 1 aliphatic rings. The number of aromatic carboxylic acids is 1. The minimum absolute atomic E-state index is 0.108. The molecule has 8 nitrogen and oxygen atoms in total. The Balaban J connectivity index is 1.79. The van der Waals surface area contributed by atoms with Crippen LogP contribution in [-0.4, -0.2) is 54.1 Å². The third-order valence-corrected chi connectivity index (χ3v) is 4.18. The standard InChI is InChI=1S/C18H18N2O6/c1-11-13(17(22)20-5-7-25-8-6-20)3-2-4-14(11)19-16(21)15-9-12(10-26-15)18(23)24/h2-4,9-10H,5-8H2,1H3,(H,19,21)(H,23,24). The number of anilines is 1. The van der Waals surface area contributed by atoms with E-state index in [9.17, 15) is 14.4 Å². The number of carbonyl (C=O) groups excluding carboxylic acids is 2. The van der Waals surface area contributed by atoms with Crippen molar-refractivity contribution < 1.29 is 28.6 Å². The summed E-state index contributed by atoms with van der Waals surface area (Å²) >= 11 is 0. The summed E-state index contributed by atoms with van der Waals surface area (Å²) in [6.07, 6.45) is 1.00. The van der Waals surface area contributed by atoms with Crippen LogP contribution in [0, 0.1) is 6.92 Å². The van der Waals surface area contributed by atoms with Crippen molar-refractivity contribution in [2.45, 2.75) is 6.92 Å². The number of ether oxygens (including phenoxy) is 1. The Morgan fingerprint density at radius 1 is 1.19 bits per heavy atom. The van der Waals surface area contributed by atoms with Crippen molar-refractivity contribution in [3.8, 4) is 0 Å². The summed E-state index contributed by atoms with van der Waals surface area (Å²) in [6, 6.07) is 6.21. The number of morpholine rings is 1. The molecule has 0 saturated carbocycles. The van der Waals surface area contributed by atoms with Gasteiger partial charge >= 0.3 is 5.97 Å². The number of nitrogens with zero attached hydrogens (tertiary/aromatic N) is 1. The first-order valence-electron chi connectivity index (χ1n) is 8.07. The number of amides is 2. The maximum Gasteiger partial charge on any atom is 0.338 e. The zero-order chi connectivity index (χ0) is 18.7. The van der Waals surface area contributed by atoms with Gasteiger partial charge in [0.1, 0.15) is 6.26 Å². The third kappa shape index (κ3) is 3.60. The fraction of sp³-hybridized carbons (Fsp3) is 0.278. The van der Waals surface area contributed by atoms with Gasteiger partial charge in [-0.05, 0) is 24.6 Å². The van der Waals surface area contributed by atoms with Gasteiger partial charge < -0.3 is 24.5 Å². The molecule has 136 valence electrons. The zero-order valence-electron chi connectivity index (χ0n) is 14.2. The minimum Gasteiger partial charge on any atom is -0.478 e. The lowest BCUT2D eigenvalue weighted by Crippen LogP contribution is -2.41. The second kappa shape index (κ2) is 7.40. The predicted molar refractivity (Wildman–Crippen MR) is 91.5 cm³/mol. The lowest BCUT2D eigenvalue weighted by atomic mass is 10.0. The predicted octanol–water partition coefficient (Wildman–Crippen LogP) is 2.01. The first-order chi connectivity index (χ1) is 12.5. The SMILES string of the molecule is Cc1c(NC(=O)c2cc(C(=O)O)co2)cccc1C(=O)N1CCOCC1. The first-order valence-corrected chi connectivity index (χ1v) is 8.07. The molecule has 0 unspecified atom stereocenters. The van der Waals surface area contributed by atoms with Gasteiger partial charge in [0.05, 0.1) is 18.8 Å². The first kappa shape index (κ1) is 17.7. The molecule has 0 aliphatic carbocycles. The molecule has 2 amide bonds. The lowest BCUT2D eigenvalue weighted by molar-refractivity contribution is 0.0302. The molecule has 2 N–H and O–H groups in total. The topological polar surface area (TPSA) is 109 Å². The summed E-state index contributed by atoms with van der Waals surface area (Å²) in [5, 5.41) is 11.5. The largest absolute Gasteiger partial charge is 0.478 e. The van der Waals surface area contributed by atoms with Crippen LogP contribution < -0.4 is 5.32 Å². The maximum absolute atomic E-state index is 12.7. The number of carboxylic acid groups (broad SMARTS) is 1. The number of hydrogen-bond acceptors (Lipinski definition) is 5. The van der Waals surface area contributed by atoms with E-state index in [-0.39, 0.29) is 17.2 Å². The van der Waals surface area contributed by atoms with Crippen LogP contribution in [0.15, 0.2) is 34.9 Å². The molecular weight excluding hydrogens is 340 g/mol. The van der Waals surface area contributed by atoms with E-state index in [4.69, 9.17) is 14.3 Å². The van der Waals surface area contributed by atoms with E-state index in [0.29, 0.717) is 43.1 Å². The number of benzene rings is 1. The molecule has 1 aliphatic heterocycles. The van der Waals surface area contributed by atoms with E-state index >= 15 is 0 Å². The fourth-order valence-electron chi connectivity index (χ4n) is 2.69. The monoisotopic (exact) mass is 358 g/mol. The molecule has 1 aromatic carbocycles. The Kier molecular flexibility index (Phi) is 5.04. The molecule has 0 radical (unpaired) electrons. The van der Waals surface area contributed by atoms with Crippen molar-refractivity contribution in [1.29, 1.82) is 0 Å². The van der Waals surface area contributed by atoms with Gasteiger partial charge in [0.25, 0.3) is 11.8 Å². The summed E-state index contributed by atoms with van der Waals surface area (Å²) in [7, 11) is 0. The number of carboxylic acids is 1. The Hall–Kier alpha value is -3.13. The number of nitrogens with one attached hydrogen (secondary N) is 1. The molecular formula is C18H18N2O6. The van der Waals surface area contributed by atoms with Crippen molar-refractivity contribution in [2.24, 2.45) is 0 Å². The van der Waals surface area contributed by atoms with Crippen molar-refractivity contribution in [1.82, 2.24) is 4.90 Å². The quantitative estimate of drug-likeness (QED) is 0.865. The molecule has 0 spiro atoms. The van der Waals surface area contributed by atoms with Gasteiger partial charge in [0, 0.05) is 30.4 Å². The van der Waals surface area contributed by atoms with Gasteiger partial charge in [-0.1, -0.05) is 6.07 Å². The molecule has 1 aromatic heterocycles. The molecule has 1 saturated heterocycles. The van der Waals surface area contributed by atoms with Gasteiger partial charge in [-0.25, -0.2) is 4.79 Å². The average molecular weight is 358 g/mol. The molecule has 2 heterocycles. The van der Waals surface area contributed by atoms with E-state index in [0.717, 1.165) is 12.3 Å². The molecule has 0 bridgehead atoms. The second-order valence-electron chi connectivity index (χ2n) is 5.84. The number of furan rings is 1. The summed E-state index contributed by atoms with van der Waals surface area (Å²) in [5.74, 6) is -2.00. The highest BCUT2D eigenvalue weighted by Crippen LogP contribution is 2.22. The van der Waals surface area contributed by atoms with Gasteiger partial charge in [-0.3, -0.25) is 9.59 Å². The summed E-state index contributed by atoms with van der Waals surface area (Å²) in [5.41, 5.74) is 1.48. The summed E-state index contributed by atoms with van der Waals surface area (Å²) in [4.78, 5) is 37.5. The summed E-state index contributed by atoms with van der Waals surface area (Å²) < 4.78 is 10.2. The highest BCUT2D eigenvalue weighted by Gasteiger charge is 2.22. The Labute approximate surface area is 149 Å². The smallest absolute Gasteiger partial charge is 0.338 e. The van der Waals surface area contributed by atoms with Crippen LogP contribution in [-0.2, 0) is 4.74 Å². The average Bonchev–Trinajstić information content (AvgIpc) is 3.14. The Morgan fingerprint density at radius 2 is 1.92 bits per heavy atom. The normalized spacial score (nSPS) is 14.1. The second-order valence-corrected chi connectivity index (χ2v) is 5.84. The van der Waals surface area contributed by atoms with E-state index < -0.39 is 11.9 Å². The molecule has 1 fully saturated rings. The zero-order valence-corrected chi connectivity index (χ0v) is 14.2. The molecule has 0 atom stereocenters. The van der Waals surface area contributed by atoms with E-state index in [2.05, 4.69) is 5.32 Å². The van der Waals surface area contributed by atoms with Crippen LogP contribution in [0.4, 0.5) is 5.69 Å². The Bertz CT molecular complexity index is 851. The highest BCUT2D eigenvalue weighted by atomic mass is 16.5. The fourth-order valence-corrected chi connectivity index (χ4v) is 2.69. The van der Waals surface area contributed by atoms with Crippen molar-refractivity contribution in [2.75, 3.05) is 31.6 Å². The number of rotatable bonds is 4. The molecule has 3 rings (SSSR count). The van der Waals surface area contributed by atoms with Crippen molar-refractivity contribution in [3.05, 3.63) is 53.0 Å². The Morgan fingerprint density at radius 3 is 2.58 bits per heavy atom. The molecule has 8 heteroatoms. The third-order valence-electron chi connectivity index (χ3n) is 4.18. The van der Waals surface area contributed by atoms with Crippen molar-refractivity contribution in [3.63, 3.8) is 0 Å². The lowest BCUT2D eigenvalue weighted by Gasteiger charge is -2.27. The van der Waals surface area contributed by atoms with Crippen LogP contribution in [0.5, 0.6) is 0 Å². The van der Waals surface area contributed by atoms with Gasteiger partial charge in [0.2, 0.25) is 0 Å². The van der Waals surface area contributed by atoms with Crippen LogP contribution >= 0.6 is 0 Å². The van der Waals surface area contributed by atoms with Gasteiger partial charge in [-0.2, -0.15) is 0 Å². The minimum atomic E-state index is -1.18. The van der Waals surface area contributed by atoms with Crippen LogP contribution in [0.25, 0.3) is 0 Å². The number of hydrogen-bond donors (Lipinski definition) is 2. The van der Waals surface area contributed by atoms with Crippen molar-refractivity contribution >= 4 is 23.5 Å². The number of carbonyl (C=O) groups is 3. The van der Waals surface area contributed by atoms with E-state index in [1.165, 1.54) is 0 Å². The van der Waals surface area contributed by atoms with Crippen LogP contribution in [0.1, 0.15) is 36.8 Å². The molecule has 2 aromatic rings. The summed E-state index contributed by atoms with van der Waals surface area (Å²) in [6.45, 7) is 3.81. The van der Waals surface area contributed by atoms with Gasteiger partial charge in [0.15, 0.2) is 5.76 Å². The maximum atomic E-state index is 12.7. The van der Waals surface area contributed by atoms with Crippen LogP contribution in [0.2, 0.25) is 0 Å². The highest BCUT2D eigenvalue weighted by molar-refractivity contribution is 6.05. The van der Waals surface area contributed by atoms with Gasteiger partial charge in [-0.15, -0.1) is 0 Å². The molecule has 26 heavy (non-hydrogen) atoms. The van der Waals surface area contributed by atoms with E-state index in [1.807, 2.05) is 0 Å². The van der Waals surface area contributed by atoms with E-state index in [1.54, 1.807) is 30.0 Å².